The number of hydrogen-bond donors (Lipinski definition) is 1. The predicted octanol–water partition coefficient (Wildman–Crippen LogP) is 3.05. The van der Waals surface area contributed by atoms with Gasteiger partial charge in [0, 0.05) is 25.8 Å². The van der Waals surface area contributed by atoms with E-state index in [0.29, 0.717) is 24.0 Å². The molecule has 0 amide bonds. The molecule has 1 aliphatic rings. The Labute approximate surface area is 162 Å². The Bertz CT molecular complexity index is 825. The maximum Gasteiger partial charge on any atom is 0.265 e. The van der Waals surface area contributed by atoms with E-state index in [1.54, 1.807) is 24.3 Å². The smallest absolute Gasteiger partial charge is 0.265 e. The molecule has 146 valence electrons. The number of sulfonamides is 1. The Hall–Kier alpha value is -2.12. The van der Waals surface area contributed by atoms with E-state index in [0.717, 1.165) is 19.6 Å². The molecule has 1 unspecified atom stereocenters. The van der Waals surface area contributed by atoms with Crippen LogP contribution in [0.25, 0.3) is 0 Å². The SMILES string of the molecule is CCN(c1ccccc1)S(=O)(=O)c1ccc(NCC2CCCN(C)C2)nc1. The van der Waals surface area contributed by atoms with E-state index in [1.165, 1.54) is 23.3 Å². The number of para-hydroxylation sites is 1. The van der Waals surface area contributed by atoms with Gasteiger partial charge in [-0.1, -0.05) is 18.2 Å². The molecule has 1 atom stereocenters. The summed E-state index contributed by atoms with van der Waals surface area (Å²) in [6.45, 7) is 5.30. The van der Waals surface area contributed by atoms with Gasteiger partial charge in [0.15, 0.2) is 0 Å². The highest BCUT2D eigenvalue weighted by Gasteiger charge is 2.24. The molecular weight excluding hydrogens is 360 g/mol. The molecule has 0 radical (unpaired) electrons. The fraction of sp³-hybridized carbons (Fsp3) is 0.450. The number of hydrogen-bond acceptors (Lipinski definition) is 5. The minimum atomic E-state index is -3.63. The van der Waals surface area contributed by atoms with Crippen molar-refractivity contribution in [3.8, 4) is 0 Å². The second-order valence-corrected chi connectivity index (χ2v) is 8.90. The first-order valence-corrected chi connectivity index (χ1v) is 10.9. The standard InChI is InChI=1S/C20H28N4O2S/c1-3-24(18-9-5-4-6-10-18)27(25,26)19-11-12-20(22-15-19)21-14-17-8-7-13-23(2)16-17/h4-6,9-12,15,17H,3,7-8,13-14,16H2,1-2H3,(H,21,22). The molecular formula is C20H28N4O2S. The Morgan fingerprint density at radius 1 is 1.22 bits per heavy atom. The highest BCUT2D eigenvalue weighted by Crippen LogP contribution is 2.23. The second kappa shape index (κ2) is 8.71. The summed E-state index contributed by atoms with van der Waals surface area (Å²) in [5, 5.41) is 3.34. The van der Waals surface area contributed by atoms with Gasteiger partial charge >= 0.3 is 0 Å². The van der Waals surface area contributed by atoms with E-state index in [2.05, 4.69) is 22.2 Å². The summed E-state index contributed by atoms with van der Waals surface area (Å²) in [5.41, 5.74) is 0.656. The van der Waals surface area contributed by atoms with Crippen molar-refractivity contribution >= 4 is 21.5 Å². The topological polar surface area (TPSA) is 65.5 Å². The van der Waals surface area contributed by atoms with E-state index < -0.39 is 10.0 Å². The van der Waals surface area contributed by atoms with Crippen LogP contribution in [0.5, 0.6) is 0 Å². The average molecular weight is 389 g/mol. The van der Waals surface area contributed by atoms with Crippen molar-refractivity contribution < 1.29 is 8.42 Å². The number of nitrogens with one attached hydrogen (secondary N) is 1. The fourth-order valence-corrected chi connectivity index (χ4v) is 4.96. The number of anilines is 2. The Morgan fingerprint density at radius 2 is 2.00 bits per heavy atom. The third-order valence-electron chi connectivity index (χ3n) is 4.95. The summed E-state index contributed by atoms with van der Waals surface area (Å²) in [7, 11) is -1.48. The number of nitrogens with zero attached hydrogens (tertiary/aromatic N) is 3. The van der Waals surface area contributed by atoms with Crippen LogP contribution >= 0.6 is 0 Å². The van der Waals surface area contributed by atoms with Crippen LogP contribution in [0.4, 0.5) is 11.5 Å². The zero-order chi connectivity index (χ0) is 19.3. The van der Waals surface area contributed by atoms with Crippen LogP contribution in [0.2, 0.25) is 0 Å². The molecule has 2 heterocycles. The van der Waals surface area contributed by atoms with E-state index in [1.807, 2.05) is 25.1 Å². The minimum absolute atomic E-state index is 0.205. The lowest BCUT2D eigenvalue weighted by atomic mass is 9.98. The van der Waals surface area contributed by atoms with Crippen LogP contribution in [0.15, 0.2) is 53.6 Å². The number of pyridine rings is 1. The molecule has 1 fully saturated rings. The van der Waals surface area contributed by atoms with Gasteiger partial charge in [0.25, 0.3) is 10.0 Å². The molecule has 3 rings (SSSR count). The van der Waals surface area contributed by atoms with Crippen LogP contribution in [0, 0.1) is 5.92 Å². The van der Waals surface area contributed by atoms with Crippen LogP contribution in [-0.2, 0) is 10.0 Å². The zero-order valence-electron chi connectivity index (χ0n) is 16.0. The van der Waals surface area contributed by atoms with Crippen LogP contribution in [-0.4, -0.2) is 51.5 Å². The van der Waals surface area contributed by atoms with Crippen molar-refractivity contribution in [3.63, 3.8) is 0 Å². The quantitative estimate of drug-likeness (QED) is 0.790. The van der Waals surface area contributed by atoms with Crippen LogP contribution in [0.1, 0.15) is 19.8 Å². The maximum atomic E-state index is 13.0. The van der Waals surface area contributed by atoms with E-state index in [4.69, 9.17) is 0 Å². The summed E-state index contributed by atoms with van der Waals surface area (Å²) in [5.74, 6) is 1.31. The van der Waals surface area contributed by atoms with Crippen LogP contribution < -0.4 is 9.62 Å². The van der Waals surface area contributed by atoms with Crippen molar-refractivity contribution in [2.24, 2.45) is 5.92 Å². The van der Waals surface area contributed by atoms with Crippen molar-refractivity contribution in [3.05, 3.63) is 48.7 Å². The van der Waals surface area contributed by atoms with Gasteiger partial charge in [-0.2, -0.15) is 0 Å². The first-order valence-electron chi connectivity index (χ1n) is 9.47. The Kier molecular flexibility index (Phi) is 6.34. The maximum absolute atomic E-state index is 13.0. The van der Waals surface area contributed by atoms with E-state index >= 15 is 0 Å². The largest absolute Gasteiger partial charge is 0.370 e. The van der Waals surface area contributed by atoms with Gasteiger partial charge in [-0.25, -0.2) is 13.4 Å². The van der Waals surface area contributed by atoms with Gasteiger partial charge < -0.3 is 10.2 Å². The number of benzene rings is 1. The molecule has 1 aromatic carbocycles. The summed E-state index contributed by atoms with van der Waals surface area (Å²) < 4.78 is 27.4. The summed E-state index contributed by atoms with van der Waals surface area (Å²) in [4.78, 5) is 6.88. The van der Waals surface area contributed by atoms with Gasteiger partial charge in [0.1, 0.15) is 10.7 Å². The molecule has 6 nitrogen and oxygen atoms in total. The number of aromatic nitrogens is 1. The highest BCUT2D eigenvalue weighted by molar-refractivity contribution is 7.92. The molecule has 2 aromatic rings. The van der Waals surface area contributed by atoms with Crippen molar-refractivity contribution in [2.45, 2.75) is 24.7 Å². The lowest BCUT2D eigenvalue weighted by Gasteiger charge is -2.29. The van der Waals surface area contributed by atoms with Crippen molar-refractivity contribution in [1.29, 1.82) is 0 Å². The first-order chi connectivity index (χ1) is 13.0. The highest BCUT2D eigenvalue weighted by atomic mass is 32.2. The molecule has 27 heavy (non-hydrogen) atoms. The molecule has 0 bridgehead atoms. The molecule has 1 aliphatic heterocycles. The van der Waals surface area contributed by atoms with Gasteiger partial charge in [-0.05, 0) is 63.5 Å². The lowest BCUT2D eigenvalue weighted by molar-refractivity contribution is 0.217. The van der Waals surface area contributed by atoms with E-state index in [9.17, 15) is 8.42 Å². The number of rotatable bonds is 7. The lowest BCUT2D eigenvalue weighted by Crippen LogP contribution is -2.35. The third kappa shape index (κ3) is 4.78. The van der Waals surface area contributed by atoms with Gasteiger partial charge in [0.05, 0.1) is 5.69 Å². The van der Waals surface area contributed by atoms with Gasteiger partial charge in [0.2, 0.25) is 0 Å². The van der Waals surface area contributed by atoms with Gasteiger partial charge in [-0.3, -0.25) is 4.31 Å². The number of likely N-dealkylation sites (tertiary alicyclic amines) is 1. The summed E-state index contributed by atoms with van der Waals surface area (Å²) >= 11 is 0. The summed E-state index contributed by atoms with van der Waals surface area (Å²) in [6.07, 6.45) is 3.88. The molecule has 0 aliphatic carbocycles. The van der Waals surface area contributed by atoms with Crippen LogP contribution in [0.3, 0.4) is 0 Å². The molecule has 7 heteroatoms. The molecule has 0 spiro atoms. The fourth-order valence-electron chi connectivity index (χ4n) is 3.54. The monoisotopic (exact) mass is 388 g/mol. The zero-order valence-corrected chi connectivity index (χ0v) is 16.8. The van der Waals surface area contributed by atoms with Gasteiger partial charge in [-0.15, -0.1) is 0 Å². The first kappa shape index (κ1) is 19.6. The Balaban J connectivity index is 1.68. The molecule has 1 N–H and O–H groups in total. The Morgan fingerprint density at radius 3 is 2.63 bits per heavy atom. The molecule has 1 aromatic heterocycles. The second-order valence-electron chi connectivity index (χ2n) is 7.04. The normalized spacial score (nSPS) is 18.2. The number of piperidine rings is 1. The molecule has 0 saturated carbocycles. The average Bonchev–Trinajstić information content (AvgIpc) is 2.68. The minimum Gasteiger partial charge on any atom is -0.370 e. The van der Waals surface area contributed by atoms with E-state index in [-0.39, 0.29) is 4.90 Å². The van der Waals surface area contributed by atoms with Crippen molar-refractivity contribution in [2.75, 3.05) is 42.8 Å². The molecule has 1 saturated heterocycles. The predicted molar refractivity (Wildman–Crippen MR) is 110 cm³/mol. The summed E-state index contributed by atoms with van der Waals surface area (Å²) in [6, 6.07) is 12.5. The van der Waals surface area contributed by atoms with Crippen molar-refractivity contribution in [1.82, 2.24) is 9.88 Å². The third-order valence-corrected chi connectivity index (χ3v) is 6.84.